The molecule has 7 heteroatoms. The summed E-state index contributed by atoms with van der Waals surface area (Å²) in [5.74, 6) is 1.32. The van der Waals surface area contributed by atoms with Crippen molar-refractivity contribution in [3.8, 4) is 5.88 Å². The van der Waals surface area contributed by atoms with Crippen LogP contribution in [0.15, 0.2) is 6.33 Å². The van der Waals surface area contributed by atoms with E-state index in [9.17, 15) is 5.11 Å². The fourth-order valence-electron chi connectivity index (χ4n) is 5.55. The monoisotopic (exact) mass is 431 g/mol. The molecule has 5 rings (SSSR count). The maximum atomic E-state index is 9.85. The lowest BCUT2D eigenvalue weighted by atomic mass is 9.84. The number of hydrogen-bond donors (Lipinski definition) is 1. The summed E-state index contributed by atoms with van der Waals surface area (Å²) in [6.45, 7) is 5.77. The largest absolute Gasteiger partial charge is 0.474 e. The third-order valence-electron chi connectivity index (χ3n) is 7.07. The predicted molar refractivity (Wildman–Crippen MR) is 118 cm³/mol. The third kappa shape index (κ3) is 4.35. The number of aliphatic hydroxyl groups is 1. The molecule has 164 valence electrons. The van der Waals surface area contributed by atoms with Crippen molar-refractivity contribution < 1.29 is 14.6 Å². The maximum absolute atomic E-state index is 9.85. The molecule has 2 atom stereocenters. The van der Waals surface area contributed by atoms with Crippen LogP contribution in [0, 0.1) is 5.92 Å². The number of aromatic nitrogens is 2. The number of nitrogens with zero attached hydrogens (tertiary/aromatic N) is 3. The molecule has 1 N–H and O–H groups in total. The average Bonchev–Trinajstić information content (AvgIpc) is 3.13. The van der Waals surface area contributed by atoms with E-state index in [0.717, 1.165) is 80.9 Å². The highest BCUT2D eigenvalue weighted by Gasteiger charge is 2.30. The first-order valence-electron chi connectivity index (χ1n) is 11.6. The Morgan fingerprint density at radius 3 is 2.77 bits per heavy atom. The van der Waals surface area contributed by atoms with Crippen LogP contribution in [0.4, 0.5) is 0 Å². The highest BCUT2D eigenvalue weighted by atomic mass is 32.1. The zero-order valence-electron chi connectivity index (χ0n) is 17.9. The van der Waals surface area contributed by atoms with E-state index in [1.807, 2.05) is 6.92 Å². The molecule has 1 aliphatic heterocycles. The molecule has 2 fully saturated rings. The number of morpholine rings is 1. The molecule has 3 aliphatic rings. The van der Waals surface area contributed by atoms with Gasteiger partial charge in [0.05, 0.1) is 24.7 Å². The lowest BCUT2D eigenvalue weighted by Crippen LogP contribution is -2.46. The fourth-order valence-corrected chi connectivity index (χ4v) is 6.73. The Morgan fingerprint density at radius 2 is 2.00 bits per heavy atom. The van der Waals surface area contributed by atoms with Gasteiger partial charge in [-0.1, -0.05) is 0 Å². The highest BCUT2D eigenvalue weighted by Crippen LogP contribution is 2.42. The van der Waals surface area contributed by atoms with Crippen LogP contribution in [-0.4, -0.2) is 64.5 Å². The average molecular weight is 432 g/mol. The molecule has 2 aromatic heterocycles. The zero-order valence-corrected chi connectivity index (χ0v) is 18.7. The normalized spacial score (nSPS) is 28.9. The summed E-state index contributed by atoms with van der Waals surface area (Å²) in [6, 6.07) is 0.675. The van der Waals surface area contributed by atoms with Crippen molar-refractivity contribution in [1.29, 1.82) is 0 Å². The summed E-state index contributed by atoms with van der Waals surface area (Å²) < 4.78 is 12.0. The molecule has 1 saturated heterocycles. The lowest BCUT2D eigenvalue weighted by Gasteiger charge is -2.38. The van der Waals surface area contributed by atoms with Crippen LogP contribution in [0.25, 0.3) is 10.2 Å². The predicted octanol–water partition coefficient (Wildman–Crippen LogP) is 3.59. The fraction of sp³-hybridized carbons (Fsp3) is 0.739. The van der Waals surface area contributed by atoms with Gasteiger partial charge in [-0.25, -0.2) is 9.97 Å². The Kier molecular flexibility index (Phi) is 6.23. The molecule has 0 bridgehead atoms. The van der Waals surface area contributed by atoms with Crippen molar-refractivity contribution in [3.05, 3.63) is 16.8 Å². The van der Waals surface area contributed by atoms with Crippen LogP contribution >= 0.6 is 11.3 Å². The minimum absolute atomic E-state index is 0.241. The molecular formula is C23H33N3O3S. The minimum atomic E-state index is -0.241. The molecule has 0 aromatic carbocycles. The first-order valence-corrected chi connectivity index (χ1v) is 12.4. The number of rotatable bonds is 5. The van der Waals surface area contributed by atoms with Gasteiger partial charge in [0.25, 0.3) is 0 Å². The number of aryl methyl sites for hydroxylation is 1. The topological polar surface area (TPSA) is 67.7 Å². The van der Waals surface area contributed by atoms with E-state index in [-0.39, 0.29) is 12.2 Å². The molecule has 3 heterocycles. The summed E-state index contributed by atoms with van der Waals surface area (Å²) in [6.07, 6.45) is 10.3. The Labute approximate surface area is 182 Å². The number of ether oxygens (including phenoxy) is 2. The van der Waals surface area contributed by atoms with Gasteiger partial charge in [0, 0.05) is 24.0 Å². The number of fused-ring (bicyclic) bond motifs is 3. The number of thiophene rings is 1. The van der Waals surface area contributed by atoms with E-state index in [0.29, 0.717) is 12.0 Å². The summed E-state index contributed by atoms with van der Waals surface area (Å²) in [5.41, 5.74) is 1.38. The molecule has 30 heavy (non-hydrogen) atoms. The number of hydrogen-bond acceptors (Lipinski definition) is 7. The molecule has 1 unspecified atom stereocenters. The van der Waals surface area contributed by atoms with Gasteiger partial charge < -0.3 is 14.6 Å². The van der Waals surface area contributed by atoms with Gasteiger partial charge in [-0.3, -0.25) is 4.90 Å². The smallest absolute Gasteiger partial charge is 0.225 e. The quantitative estimate of drug-likeness (QED) is 0.780. The van der Waals surface area contributed by atoms with Crippen LogP contribution in [-0.2, 0) is 17.6 Å². The molecule has 0 amide bonds. The molecule has 6 nitrogen and oxygen atoms in total. The first kappa shape index (κ1) is 20.6. The standard InChI is InChI=1S/C23H33N3O3S/c1-15(27)12-16-2-7-20-19(13-16)21-22(24-14-25-23(21)30-20)29-18-5-3-17(4-6-18)26-8-10-28-11-9-26/h14-18,27H,2-13H2,1H3/t15?,16-,17-,18-/m0/s1. The lowest BCUT2D eigenvalue weighted by molar-refractivity contribution is -0.00126. The summed E-state index contributed by atoms with van der Waals surface area (Å²) >= 11 is 1.80. The van der Waals surface area contributed by atoms with Crippen LogP contribution in [0.2, 0.25) is 0 Å². The van der Waals surface area contributed by atoms with E-state index in [4.69, 9.17) is 9.47 Å². The van der Waals surface area contributed by atoms with Gasteiger partial charge in [-0.15, -0.1) is 11.3 Å². The van der Waals surface area contributed by atoms with Crippen LogP contribution in [0.1, 0.15) is 55.9 Å². The van der Waals surface area contributed by atoms with Crippen LogP contribution in [0.3, 0.4) is 0 Å². The molecule has 0 radical (unpaired) electrons. The molecule has 0 spiro atoms. The molecule has 2 aliphatic carbocycles. The Hall–Kier alpha value is -1.28. The van der Waals surface area contributed by atoms with Crippen molar-refractivity contribution >= 4 is 21.6 Å². The van der Waals surface area contributed by atoms with E-state index in [2.05, 4.69) is 14.9 Å². The molecule has 1 saturated carbocycles. The van der Waals surface area contributed by atoms with Crippen molar-refractivity contribution in [2.75, 3.05) is 26.3 Å². The zero-order chi connectivity index (χ0) is 20.5. The van der Waals surface area contributed by atoms with E-state index >= 15 is 0 Å². The highest BCUT2D eigenvalue weighted by molar-refractivity contribution is 7.18. The number of aliphatic hydroxyl groups excluding tert-OH is 1. The molecular weight excluding hydrogens is 398 g/mol. The SMILES string of the molecule is CC(O)C[C@@H]1CCc2sc3ncnc(O[C@H]4CC[C@H](N5CCOCC5)CC4)c3c2C1. The van der Waals surface area contributed by atoms with Crippen LogP contribution < -0.4 is 4.74 Å². The van der Waals surface area contributed by atoms with Gasteiger partial charge in [0.15, 0.2) is 0 Å². The minimum Gasteiger partial charge on any atom is -0.474 e. The van der Waals surface area contributed by atoms with Crippen LogP contribution in [0.5, 0.6) is 5.88 Å². The Balaban J connectivity index is 1.29. The maximum Gasteiger partial charge on any atom is 0.225 e. The van der Waals surface area contributed by atoms with Crippen molar-refractivity contribution in [1.82, 2.24) is 14.9 Å². The Bertz CT molecular complexity index is 857. The first-order chi connectivity index (χ1) is 14.7. The van der Waals surface area contributed by atoms with Gasteiger partial charge in [-0.2, -0.15) is 0 Å². The second kappa shape index (κ2) is 9.07. The van der Waals surface area contributed by atoms with Crippen molar-refractivity contribution in [3.63, 3.8) is 0 Å². The summed E-state index contributed by atoms with van der Waals surface area (Å²) in [5, 5.41) is 11.0. The summed E-state index contributed by atoms with van der Waals surface area (Å²) in [7, 11) is 0. The van der Waals surface area contributed by atoms with E-state index in [1.54, 1.807) is 17.7 Å². The van der Waals surface area contributed by atoms with Gasteiger partial charge in [0.1, 0.15) is 17.3 Å². The molecule has 2 aromatic rings. The van der Waals surface area contributed by atoms with Crippen molar-refractivity contribution in [2.45, 2.75) is 76.5 Å². The summed E-state index contributed by atoms with van der Waals surface area (Å²) in [4.78, 5) is 14.2. The third-order valence-corrected chi connectivity index (χ3v) is 8.27. The van der Waals surface area contributed by atoms with Gasteiger partial charge in [0.2, 0.25) is 5.88 Å². The van der Waals surface area contributed by atoms with Gasteiger partial charge >= 0.3 is 0 Å². The second-order valence-corrected chi connectivity index (χ2v) is 10.3. The van der Waals surface area contributed by atoms with E-state index in [1.165, 1.54) is 23.3 Å². The van der Waals surface area contributed by atoms with Crippen molar-refractivity contribution in [2.24, 2.45) is 5.92 Å². The second-order valence-electron chi connectivity index (χ2n) is 9.25. The van der Waals surface area contributed by atoms with Gasteiger partial charge in [-0.05, 0) is 69.8 Å². The van der Waals surface area contributed by atoms with E-state index < -0.39 is 0 Å². The Morgan fingerprint density at radius 1 is 1.20 bits per heavy atom.